The van der Waals surface area contributed by atoms with Crippen molar-refractivity contribution in [3.8, 4) is 17.2 Å². The highest BCUT2D eigenvalue weighted by molar-refractivity contribution is 9.10. The van der Waals surface area contributed by atoms with Gasteiger partial charge in [-0.3, -0.25) is 14.9 Å². The quantitative estimate of drug-likeness (QED) is 0.324. The van der Waals surface area contributed by atoms with E-state index in [4.69, 9.17) is 21.1 Å². The first-order chi connectivity index (χ1) is 16.8. The van der Waals surface area contributed by atoms with Crippen LogP contribution in [0.15, 0.2) is 70.7 Å². The molecule has 1 aliphatic heterocycles. The molecule has 3 aromatic rings. The number of aromatic hydroxyl groups is 1. The number of methoxy groups -OCH3 is 1. The van der Waals surface area contributed by atoms with Crippen molar-refractivity contribution >= 4 is 57.1 Å². The molecule has 1 fully saturated rings. The van der Waals surface area contributed by atoms with E-state index in [0.717, 1.165) is 14.9 Å². The second-order valence-electron chi connectivity index (χ2n) is 7.39. The standard InChI is InChI=1S/C25H18BrClN2O6/c1-34-21-12-14(11-20(27)22(21)35-13-15-4-2-3-5-19(15)26)10-18-23(31)28-25(33)29(24(18)32)16-6-8-17(30)9-7-16/h2-12,30H,13H2,1H3,(H,28,31,33)/b18-10+. The second kappa shape index (κ2) is 10.2. The lowest BCUT2D eigenvalue weighted by Crippen LogP contribution is -2.54. The van der Waals surface area contributed by atoms with Crippen molar-refractivity contribution in [1.82, 2.24) is 5.32 Å². The second-order valence-corrected chi connectivity index (χ2v) is 8.65. The number of nitrogens with zero attached hydrogens (tertiary/aromatic N) is 1. The van der Waals surface area contributed by atoms with Gasteiger partial charge in [-0.15, -0.1) is 0 Å². The summed E-state index contributed by atoms with van der Waals surface area (Å²) in [4.78, 5) is 38.7. The van der Waals surface area contributed by atoms with Crippen molar-refractivity contribution in [1.29, 1.82) is 0 Å². The molecule has 0 spiro atoms. The van der Waals surface area contributed by atoms with Gasteiger partial charge in [-0.25, -0.2) is 9.69 Å². The molecule has 8 nitrogen and oxygen atoms in total. The Morgan fingerprint density at radius 1 is 1.09 bits per heavy atom. The fraction of sp³-hybridized carbons (Fsp3) is 0.0800. The number of barbiturate groups is 1. The summed E-state index contributed by atoms with van der Waals surface area (Å²) in [5, 5.41) is 11.8. The van der Waals surface area contributed by atoms with Gasteiger partial charge in [0, 0.05) is 10.0 Å². The molecule has 0 bridgehead atoms. The molecular formula is C25H18BrClN2O6. The van der Waals surface area contributed by atoms with E-state index in [0.29, 0.717) is 17.1 Å². The molecule has 0 saturated carbocycles. The molecular weight excluding hydrogens is 540 g/mol. The minimum atomic E-state index is -0.894. The van der Waals surface area contributed by atoms with E-state index in [2.05, 4.69) is 21.2 Å². The van der Waals surface area contributed by atoms with Gasteiger partial charge < -0.3 is 14.6 Å². The molecule has 1 aliphatic rings. The van der Waals surface area contributed by atoms with Crippen molar-refractivity contribution in [3.63, 3.8) is 0 Å². The van der Waals surface area contributed by atoms with E-state index in [1.54, 1.807) is 6.07 Å². The number of carbonyl (C=O) groups excluding carboxylic acids is 3. The minimum absolute atomic E-state index is 0.0332. The third-order valence-corrected chi connectivity index (χ3v) is 6.16. The highest BCUT2D eigenvalue weighted by Crippen LogP contribution is 2.38. The van der Waals surface area contributed by atoms with Crippen LogP contribution in [0.25, 0.3) is 6.08 Å². The van der Waals surface area contributed by atoms with Crippen LogP contribution in [-0.4, -0.2) is 30.1 Å². The van der Waals surface area contributed by atoms with Crippen LogP contribution < -0.4 is 19.7 Å². The SMILES string of the molecule is COc1cc(/C=C2\C(=O)NC(=O)N(c3ccc(O)cc3)C2=O)cc(Cl)c1OCc1ccccc1Br. The summed E-state index contributed by atoms with van der Waals surface area (Å²) in [5.74, 6) is -1.11. The number of nitrogens with one attached hydrogen (secondary N) is 1. The molecule has 0 aliphatic carbocycles. The first-order valence-corrected chi connectivity index (χ1v) is 11.4. The molecule has 35 heavy (non-hydrogen) atoms. The van der Waals surface area contributed by atoms with E-state index < -0.39 is 17.8 Å². The van der Waals surface area contributed by atoms with E-state index in [-0.39, 0.29) is 28.6 Å². The zero-order valence-corrected chi connectivity index (χ0v) is 20.6. The Morgan fingerprint density at radius 3 is 2.49 bits per heavy atom. The normalized spacial score (nSPS) is 14.8. The van der Waals surface area contributed by atoms with Crippen molar-refractivity contribution < 1.29 is 29.0 Å². The molecule has 0 atom stereocenters. The molecule has 2 N–H and O–H groups in total. The fourth-order valence-electron chi connectivity index (χ4n) is 3.39. The smallest absolute Gasteiger partial charge is 0.335 e. The number of phenolic OH excluding ortho intramolecular Hbond substituents is 1. The molecule has 178 valence electrons. The van der Waals surface area contributed by atoms with Gasteiger partial charge in [0.15, 0.2) is 11.5 Å². The number of carbonyl (C=O) groups is 3. The highest BCUT2D eigenvalue weighted by Gasteiger charge is 2.36. The maximum absolute atomic E-state index is 13.1. The molecule has 10 heteroatoms. The Labute approximate surface area is 213 Å². The largest absolute Gasteiger partial charge is 0.508 e. The van der Waals surface area contributed by atoms with E-state index in [1.807, 2.05) is 24.3 Å². The zero-order chi connectivity index (χ0) is 25.1. The number of amides is 4. The van der Waals surface area contributed by atoms with Crippen LogP contribution in [0.3, 0.4) is 0 Å². The number of benzene rings is 3. The molecule has 0 radical (unpaired) electrons. The summed E-state index contributed by atoms with van der Waals surface area (Å²) < 4.78 is 12.2. The fourth-order valence-corrected chi connectivity index (χ4v) is 4.06. The molecule has 1 heterocycles. The van der Waals surface area contributed by atoms with Crippen LogP contribution in [0.5, 0.6) is 17.2 Å². The predicted octanol–water partition coefficient (Wildman–Crippen LogP) is 5.06. The monoisotopic (exact) mass is 556 g/mol. The van der Waals surface area contributed by atoms with Crippen LogP contribution in [0.4, 0.5) is 10.5 Å². The summed E-state index contributed by atoms with van der Waals surface area (Å²) in [6.07, 6.45) is 1.31. The summed E-state index contributed by atoms with van der Waals surface area (Å²) in [6, 6.07) is 15.2. The topological polar surface area (TPSA) is 105 Å². The maximum Gasteiger partial charge on any atom is 0.335 e. The van der Waals surface area contributed by atoms with Gasteiger partial charge in [-0.05, 0) is 54.1 Å². The third-order valence-electron chi connectivity index (χ3n) is 5.10. The molecule has 4 rings (SSSR count). The van der Waals surface area contributed by atoms with Crippen molar-refractivity contribution in [3.05, 3.63) is 86.9 Å². The lowest BCUT2D eigenvalue weighted by atomic mass is 10.1. The zero-order valence-electron chi connectivity index (χ0n) is 18.2. The van der Waals surface area contributed by atoms with Crippen molar-refractivity contribution in [2.24, 2.45) is 0 Å². The number of phenols is 1. The number of ether oxygens (including phenoxy) is 2. The summed E-state index contributed by atoms with van der Waals surface area (Å²) in [5.41, 5.74) is 1.20. The van der Waals surface area contributed by atoms with Gasteiger partial charge in [0.2, 0.25) is 0 Å². The van der Waals surface area contributed by atoms with Crippen molar-refractivity contribution in [2.75, 3.05) is 12.0 Å². The van der Waals surface area contributed by atoms with Crippen molar-refractivity contribution in [2.45, 2.75) is 6.61 Å². The van der Waals surface area contributed by atoms with Gasteiger partial charge >= 0.3 is 6.03 Å². The van der Waals surface area contributed by atoms with Gasteiger partial charge in [-0.1, -0.05) is 45.7 Å². The lowest BCUT2D eigenvalue weighted by Gasteiger charge is -2.26. The molecule has 1 saturated heterocycles. The third kappa shape index (κ3) is 5.16. The summed E-state index contributed by atoms with van der Waals surface area (Å²) >= 11 is 9.92. The molecule has 0 aromatic heterocycles. The number of urea groups is 1. The Hall–Kier alpha value is -3.82. The van der Waals surface area contributed by atoms with Gasteiger partial charge in [0.1, 0.15) is 17.9 Å². The van der Waals surface area contributed by atoms with E-state index >= 15 is 0 Å². The predicted molar refractivity (Wildman–Crippen MR) is 134 cm³/mol. The summed E-state index contributed by atoms with van der Waals surface area (Å²) in [7, 11) is 1.44. The molecule has 3 aromatic carbocycles. The van der Waals surface area contributed by atoms with Crippen LogP contribution in [0.2, 0.25) is 5.02 Å². The average molecular weight is 558 g/mol. The lowest BCUT2D eigenvalue weighted by molar-refractivity contribution is -0.122. The minimum Gasteiger partial charge on any atom is -0.508 e. The van der Waals surface area contributed by atoms with E-state index in [9.17, 15) is 19.5 Å². The number of hydrogen-bond donors (Lipinski definition) is 2. The van der Waals surface area contributed by atoms with Crippen LogP contribution in [0.1, 0.15) is 11.1 Å². The maximum atomic E-state index is 13.1. The Morgan fingerprint density at radius 2 is 1.80 bits per heavy atom. The number of imide groups is 2. The number of rotatable bonds is 6. The van der Waals surface area contributed by atoms with Gasteiger partial charge in [0.25, 0.3) is 11.8 Å². The van der Waals surface area contributed by atoms with Crippen LogP contribution >= 0.6 is 27.5 Å². The Bertz CT molecular complexity index is 1360. The van der Waals surface area contributed by atoms with Gasteiger partial charge in [0.05, 0.1) is 17.8 Å². The number of anilines is 1. The molecule has 4 amide bonds. The van der Waals surface area contributed by atoms with Crippen LogP contribution in [-0.2, 0) is 16.2 Å². The average Bonchev–Trinajstić information content (AvgIpc) is 2.83. The summed E-state index contributed by atoms with van der Waals surface area (Å²) in [6.45, 7) is 0.225. The van der Waals surface area contributed by atoms with Crippen LogP contribution in [0, 0.1) is 0 Å². The first-order valence-electron chi connectivity index (χ1n) is 10.2. The highest BCUT2D eigenvalue weighted by atomic mass is 79.9. The van der Waals surface area contributed by atoms with Gasteiger partial charge in [-0.2, -0.15) is 0 Å². The van der Waals surface area contributed by atoms with E-state index in [1.165, 1.54) is 43.5 Å². The molecule has 0 unspecified atom stereocenters. The Balaban J connectivity index is 1.64. The first kappa shape index (κ1) is 24.3. The Kier molecular flexibility index (Phi) is 7.09. The number of hydrogen-bond acceptors (Lipinski definition) is 6. The number of halogens is 2.